The Morgan fingerprint density at radius 3 is 2.85 bits per heavy atom. The molecule has 0 aliphatic rings. The van der Waals surface area contributed by atoms with Gasteiger partial charge in [-0.15, -0.1) is 0 Å². The minimum atomic E-state index is -0.523. The second-order valence-corrected chi connectivity index (χ2v) is 6.76. The topological polar surface area (TPSA) is 109 Å². The minimum Gasteiger partial charge on any atom is -0.325 e. The van der Waals surface area contributed by atoms with Gasteiger partial charge in [-0.25, -0.2) is 4.98 Å². The van der Waals surface area contributed by atoms with Crippen molar-refractivity contribution in [3.63, 3.8) is 0 Å². The third-order valence-electron chi connectivity index (χ3n) is 3.74. The largest absolute Gasteiger partial charge is 0.325 e. The van der Waals surface area contributed by atoms with E-state index in [0.717, 1.165) is 28.2 Å². The summed E-state index contributed by atoms with van der Waals surface area (Å²) in [5, 5.41) is 24.1. The number of aryl methyl sites for hydroxylation is 1. The summed E-state index contributed by atoms with van der Waals surface area (Å²) in [6.07, 6.45) is 0. The lowest BCUT2D eigenvalue weighted by molar-refractivity contribution is -0.384. The van der Waals surface area contributed by atoms with Crippen LogP contribution in [0.25, 0.3) is 10.9 Å². The Balaban J connectivity index is 1.74. The second-order valence-electron chi connectivity index (χ2n) is 5.79. The molecule has 0 atom stereocenters. The Hall–Kier alpha value is -3.44. The van der Waals surface area contributed by atoms with Crippen molar-refractivity contribution in [1.29, 1.82) is 5.26 Å². The fraction of sp³-hybridized carbons (Fsp3) is 0.105. The number of nitriles is 1. The lowest BCUT2D eigenvalue weighted by Gasteiger charge is -2.07. The Labute approximate surface area is 159 Å². The van der Waals surface area contributed by atoms with Crippen LogP contribution >= 0.6 is 11.8 Å². The monoisotopic (exact) mass is 378 g/mol. The number of amides is 1. The Morgan fingerprint density at radius 1 is 1.30 bits per heavy atom. The van der Waals surface area contributed by atoms with E-state index in [4.69, 9.17) is 0 Å². The lowest BCUT2D eigenvalue weighted by Crippen LogP contribution is -2.14. The lowest BCUT2D eigenvalue weighted by atomic mass is 10.1. The molecule has 0 bridgehead atoms. The van der Waals surface area contributed by atoms with Gasteiger partial charge in [-0.1, -0.05) is 30.0 Å². The van der Waals surface area contributed by atoms with Gasteiger partial charge in [0.2, 0.25) is 5.91 Å². The smallest absolute Gasteiger partial charge is 0.271 e. The zero-order valence-electron chi connectivity index (χ0n) is 14.3. The van der Waals surface area contributed by atoms with Gasteiger partial charge in [0.15, 0.2) is 0 Å². The molecule has 0 radical (unpaired) electrons. The molecule has 1 heterocycles. The number of benzene rings is 2. The van der Waals surface area contributed by atoms with Crippen molar-refractivity contribution in [2.75, 3.05) is 11.1 Å². The van der Waals surface area contributed by atoms with Gasteiger partial charge in [0, 0.05) is 23.2 Å². The Bertz CT molecular complexity index is 1090. The number of pyridine rings is 1. The first-order valence-electron chi connectivity index (χ1n) is 7.95. The van der Waals surface area contributed by atoms with Gasteiger partial charge in [-0.05, 0) is 30.7 Å². The van der Waals surface area contributed by atoms with E-state index < -0.39 is 4.92 Å². The molecule has 1 aromatic heterocycles. The summed E-state index contributed by atoms with van der Waals surface area (Å²) in [6, 6.07) is 15.4. The van der Waals surface area contributed by atoms with Crippen LogP contribution < -0.4 is 5.32 Å². The van der Waals surface area contributed by atoms with Crippen LogP contribution in [-0.4, -0.2) is 21.6 Å². The van der Waals surface area contributed by atoms with Crippen molar-refractivity contribution >= 4 is 39.9 Å². The SMILES string of the molecule is Cc1ccc2cc(C#N)c(SCC(=O)Nc3cccc([N+](=O)[O-])c3)nc2c1. The molecule has 2 aromatic carbocycles. The molecule has 1 amide bonds. The van der Waals surface area contributed by atoms with E-state index in [-0.39, 0.29) is 17.3 Å². The van der Waals surface area contributed by atoms with E-state index in [1.807, 2.05) is 25.1 Å². The number of carbonyl (C=O) groups is 1. The number of hydrogen-bond donors (Lipinski definition) is 1. The number of fused-ring (bicyclic) bond motifs is 1. The summed E-state index contributed by atoms with van der Waals surface area (Å²) >= 11 is 1.15. The van der Waals surface area contributed by atoms with Gasteiger partial charge in [0.05, 0.1) is 21.8 Å². The molecule has 3 rings (SSSR count). The maximum atomic E-state index is 12.2. The van der Waals surface area contributed by atoms with Crippen LogP contribution in [0.15, 0.2) is 53.6 Å². The molecule has 0 unspecified atom stereocenters. The maximum Gasteiger partial charge on any atom is 0.271 e. The van der Waals surface area contributed by atoms with E-state index in [1.165, 1.54) is 18.2 Å². The minimum absolute atomic E-state index is 0.0295. The summed E-state index contributed by atoms with van der Waals surface area (Å²) in [5.41, 5.74) is 2.46. The average molecular weight is 378 g/mol. The molecule has 1 N–H and O–H groups in total. The molecule has 0 saturated heterocycles. The van der Waals surface area contributed by atoms with E-state index in [2.05, 4.69) is 16.4 Å². The van der Waals surface area contributed by atoms with Crippen LogP contribution in [0.1, 0.15) is 11.1 Å². The molecule has 0 fully saturated rings. The van der Waals surface area contributed by atoms with Crippen LogP contribution in [0.2, 0.25) is 0 Å². The van der Waals surface area contributed by atoms with Crippen LogP contribution in [-0.2, 0) is 4.79 Å². The van der Waals surface area contributed by atoms with Crippen molar-refractivity contribution in [2.45, 2.75) is 11.9 Å². The normalized spacial score (nSPS) is 10.4. The number of non-ortho nitro benzene ring substituents is 1. The zero-order valence-corrected chi connectivity index (χ0v) is 15.1. The van der Waals surface area contributed by atoms with Crippen LogP contribution in [0.5, 0.6) is 0 Å². The molecule has 0 saturated carbocycles. The summed E-state index contributed by atoms with van der Waals surface area (Å²) in [5.74, 6) is -0.308. The third kappa shape index (κ3) is 4.40. The quantitative estimate of drug-likeness (QED) is 0.407. The van der Waals surface area contributed by atoms with E-state index in [9.17, 15) is 20.2 Å². The molecule has 134 valence electrons. The van der Waals surface area contributed by atoms with Crippen molar-refractivity contribution in [3.8, 4) is 6.07 Å². The van der Waals surface area contributed by atoms with Gasteiger partial charge in [-0.2, -0.15) is 5.26 Å². The van der Waals surface area contributed by atoms with Crippen LogP contribution in [0, 0.1) is 28.4 Å². The third-order valence-corrected chi connectivity index (χ3v) is 4.73. The number of hydrogen-bond acceptors (Lipinski definition) is 6. The molecule has 8 heteroatoms. The fourth-order valence-electron chi connectivity index (χ4n) is 2.48. The summed E-state index contributed by atoms with van der Waals surface area (Å²) < 4.78 is 0. The molecule has 7 nitrogen and oxygen atoms in total. The standard InChI is InChI=1S/C19H14N4O3S/c1-12-5-6-13-8-14(10-20)19(22-17(13)7-12)27-11-18(24)21-15-3-2-4-16(9-15)23(25)26/h2-9H,11H2,1H3,(H,21,24). The predicted octanol–water partition coefficient (Wildman–Crippen LogP) is 4.05. The number of anilines is 1. The van der Waals surface area contributed by atoms with Crippen molar-refractivity contribution in [1.82, 2.24) is 4.98 Å². The fourth-order valence-corrected chi connectivity index (χ4v) is 3.24. The van der Waals surface area contributed by atoms with E-state index in [1.54, 1.807) is 12.1 Å². The summed E-state index contributed by atoms with van der Waals surface area (Å²) in [6.45, 7) is 1.96. The zero-order chi connectivity index (χ0) is 19.4. The number of carbonyl (C=O) groups excluding carboxylic acids is 1. The number of nitrogens with zero attached hydrogens (tertiary/aromatic N) is 3. The van der Waals surface area contributed by atoms with Crippen molar-refractivity contribution in [3.05, 3.63) is 69.8 Å². The molecule has 27 heavy (non-hydrogen) atoms. The Morgan fingerprint density at radius 2 is 2.11 bits per heavy atom. The molecular weight excluding hydrogens is 364 g/mol. The number of rotatable bonds is 5. The van der Waals surface area contributed by atoms with Gasteiger partial charge < -0.3 is 5.32 Å². The number of nitro benzene ring substituents is 1. The van der Waals surface area contributed by atoms with Crippen LogP contribution in [0.4, 0.5) is 11.4 Å². The maximum absolute atomic E-state index is 12.2. The Kier molecular flexibility index (Phi) is 5.33. The molecule has 0 aliphatic carbocycles. The molecule has 0 aliphatic heterocycles. The molecule has 3 aromatic rings. The summed E-state index contributed by atoms with van der Waals surface area (Å²) in [7, 11) is 0. The number of nitro groups is 1. The van der Waals surface area contributed by atoms with Gasteiger partial charge in [0.25, 0.3) is 5.69 Å². The number of aromatic nitrogens is 1. The number of nitrogens with one attached hydrogen (secondary N) is 1. The average Bonchev–Trinajstić information content (AvgIpc) is 2.65. The highest BCUT2D eigenvalue weighted by atomic mass is 32.2. The highest BCUT2D eigenvalue weighted by molar-refractivity contribution is 8.00. The molecular formula is C19H14N4O3S. The first kappa shape index (κ1) is 18.4. The summed E-state index contributed by atoms with van der Waals surface area (Å²) in [4.78, 5) is 26.9. The predicted molar refractivity (Wildman–Crippen MR) is 104 cm³/mol. The van der Waals surface area contributed by atoms with E-state index in [0.29, 0.717) is 16.3 Å². The van der Waals surface area contributed by atoms with Crippen molar-refractivity contribution < 1.29 is 9.72 Å². The molecule has 0 spiro atoms. The highest BCUT2D eigenvalue weighted by Gasteiger charge is 2.12. The highest BCUT2D eigenvalue weighted by Crippen LogP contribution is 2.25. The second kappa shape index (κ2) is 7.85. The first-order chi connectivity index (χ1) is 13.0. The van der Waals surface area contributed by atoms with Crippen molar-refractivity contribution in [2.24, 2.45) is 0 Å². The first-order valence-corrected chi connectivity index (χ1v) is 8.93. The van der Waals surface area contributed by atoms with Crippen LogP contribution in [0.3, 0.4) is 0 Å². The van der Waals surface area contributed by atoms with Gasteiger partial charge >= 0.3 is 0 Å². The number of thioether (sulfide) groups is 1. The van der Waals surface area contributed by atoms with Gasteiger partial charge in [-0.3, -0.25) is 14.9 Å². The van der Waals surface area contributed by atoms with Gasteiger partial charge in [0.1, 0.15) is 11.1 Å². The van der Waals surface area contributed by atoms with E-state index >= 15 is 0 Å².